The van der Waals surface area contributed by atoms with Gasteiger partial charge < -0.3 is 4.42 Å². The molecule has 0 aliphatic heterocycles. The summed E-state index contributed by atoms with van der Waals surface area (Å²) in [4.78, 5) is 0. The lowest BCUT2D eigenvalue weighted by atomic mass is 9.95. The largest absolute Gasteiger partial charge is 0.458 e. The lowest BCUT2D eigenvalue weighted by molar-refractivity contribution is 0.321. The molecule has 0 saturated carbocycles. The first-order valence-electron chi connectivity index (χ1n) is 6.31. The van der Waals surface area contributed by atoms with Gasteiger partial charge in [-0.2, -0.15) is 0 Å². The van der Waals surface area contributed by atoms with E-state index in [4.69, 9.17) is 21.9 Å². The summed E-state index contributed by atoms with van der Waals surface area (Å²) in [7, 11) is 0. The van der Waals surface area contributed by atoms with Crippen LogP contribution in [0.25, 0.3) is 11.0 Å². The van der Waals surface area contributed by atoms with Crippen LogP contribution in [0.2, 0.25) is 5.02 Å². The summed E-state index contributed by atoms with van der Waals surface area (Å²) in [5, 5.41) is 1.65. The highest BCUT2D eigenvalue weighted by Gasteiger charge is 2.21. The quantitative estimate of drug-likeness (QED) is 0.635. The van der Waals surface area contributed by atoms with Gasteiger partial charge in [0.2, 0.25) is 0 Å². The molecule has 98 valence electrons. The Kier molecular flexibility index (Phi) is 4.27. The number of halogens is 1. The molecule has 1 aromatic carbocycles. The summed E-state index contributed by atoms with van der Waals surface area (Å²) in [5.74, 6) is 6.92. The van der Waals surface area contributed by atoms with Crippen molar-refractivity contribution >= 4 is 22.6 Å². The van der Waals surface area contributed by atoms with Gasteiger partial charge in [-0.1, -0.05) is 44.0 Å². The van der Waals surface area contributed by atoms with Gasteiger partial charge in [-0.15, -0.1) is 0 Å². The van der Waals surface area contributed by atoms with Crippen LogP contribution in [0.4, 0.5) is 0 Å². The van der Waals surface area contributed by atoms with E-state index in [0.29, 0.717) is 10.9 Å². The van der Waals surface area contributed by atoms with Crippen molar-refractivity contribution in [2.24, 2.45) is 11.8 Å². The second-order valence-corrected chi connectivity index (χ2v) is 5.12. The topological polar surface area (TPSA) is 51.2 Å². The summed E-state index contributed by atoms with van der Waals surface area (Å²) < 4.78 is 5.84. The van der Waals surface area contributed by atoms with Crippen molar-refractivity contribution in [1.29, 1.82) is 0 Å². The van der Waals surface area contributed by atoms with Crippen molar-refractivity contribution in [3.8, 4) is 0 Å². The monoisotopic (exact) mass is 266 g/mol. The average Bonchev–Trinajstić information content (AvgIpc) is 2.75. The maximum absolute atomic E-state index is 6.11. The molecule has 2 unspecified atom stereocenters. The van der Waals surface area contributed by atoms with E-state index >= 15 is 0 Å². The minimum atomic E-state index is 0.0217. The number of furan rings is 1. The fourth-order valence-electron chi connectivity index (χ4n) is 2.35. The van der Waals surface area contributed by atoms with E-state index in [1.165, 1.54) is 0 Å². The van der Waals surface area contributed by atoms with E-state index in [9.17, 15) is 0 Å². The molecule has 2 aromatic rings. The second-order valence-electron chi connectivity index (χ2n) is 4.72. The van der Waals surface area contributed by atoms with Crippen molar-refractivity contribution in [1.82, 2.24) is 5.43 Å². The van der Waals surface area contributed by atoms with Crippen LogP contribution in [-0.2, 0) is 0 Å². The number of nitrogens with two attached hydrogens (primary N) is 1. The van der Waals surface area contributed by atoms with Crippen LogP contribution in [0.3, 0.4) is 0 Å². The first kappa shape index (κ1) is 13.4. The predicted octanol–water partition coefficient (Wildman–Crippen LogP) is 4.03. The summed E-state index contributed by atoms with van der Waals surface area (Å²) in [6.07, 6.45) is 2.22. The molecule has 1 aromatic heterocycles. The van der Waals surface area contributed by atoms with E-state index in [2.05, 4.69) is 19.3 Å². The van der Waals surface area contributed by atoms with Gasteiger partial charge in [0, 0.05) is 5.39 Å². The molecule has 2 atom stereocenters. The first-order valence-corrected chi connectivity index (χ1v) is 6.69. The molecule has 0 fully saturated rings. The summed E-state index contributed by atoms with van der Waals surface area (Å²) in [6.45, 7) is 4.34. The van der Waals surface area contributed by atoms with Gasteiger partial charge in [0.25, 0.3) is 0 Å². The first-order chi connectivity index (χ1) is 8.67. The van der Waals surface area contributed by atoms with Crippen molar-refractivity contribution in [2.75, 3.05) is 0 Å². The minimum absolute atomic E-state index is 0.0217. The molecule has 3 N–H and O–H groups in total. The van der Waals surface area contributed by atoms with E-state index < -0.39 is 0 Å². The predicted molar refractivity (Wildman–Crippen MR) is 75.4 cm³/mol. The van der Waals surface area contributed by atoms with Gasteiger partial charge in [-0.05, 0) is 24.5 Å². The zero-order valence-electron chi connectivity index (χ0n) is 10.7. The van der Waals surface area contributed by atoms with Crippen LogP contribution in [0.5, 0.6) is 0 Å². The summed E-state index contributed by atoms with van der Waals surface area (Å²) in [6, 6.07) is 7.78. The third kappa shape index (κ3) is 2.53. The number of para-hydroxylation sites is 1. The normalized spacial score (nSPS) is 14.9. The van der Waals surface area contributed by atoms with Gasteiger partial charge >= 0.3 is 0 Å². The van der Waals surface area contributed by atoms with E-state index in [0.717, 1.165) is 29.6 Å². The van der Waals surface area contributed by atoms with E-state index in [1.54, 1.807) is 0 Å². The molecule has 4 heteroatoms. The number of benzene rings is 1. The van der Waals surface area contributed by atoms with Crippen LogP contribution in [0.1, 0.15) is 38.5 Å². The summed E-state index contributed by atoms with van der Waals surface area (Å²) in [5.41, 5.74) is 3.58. The molecule has 2 rings (SSSR count). The molecule has 0 spiro atoms. The van der Waals surface area contributed by atoms with Crippen molar-refractivity contribution in [3.63, 3.8) is 0 Å². The van der Waals surface area contributed by atoms with Gasteiger partial charge in [-0.3, -0.25) is 5.84 Å². The Balaban J connectivity index is 2.37. The highest BCUT2D eigenvalue weighted by Crippen LogP contribution is 2.32. The lowest BCUT2D eigenvalue weighted by Gasteiger charge is -2.20. The van der Waals surface area contributed by atoms with Gasteiger partial charge in [0.15, 0.2) is 5.58 Å². The zero-order valence-corrected chi connectivity index (χ0v) is 11.5. The second kappa shape index (κ2) is 5.74. The van der Waals surface area contributed by atoms with Crippen molar-refractivity contribution < 1.29 is 4.42 Å². The SMILES string of the molecule is CCCC(C)C(NN)c1cc2cccc(Cl)c2o1. The van der Waals surface area contributed by atoms with Gasteiger partial charge in [0.1, 0.15) is 5.76 Å². The Labute approximate surface area is 112 Å². The van der Waals surface area contributed by atoms with E-state index in [1.807, 2.05) is 24.3 Å². The Morgan fingerprint density at radius 2 is 2.22 bits per heavy atom. The highest BCUT2D eigenvalue weighted by molar-refractivity contribution is 6.34. The molecule has 0 saturated heterocycles. The van der Waals surface area contributed by atoms with Crippen molar-refractivity contribution in [2.45, 2.75) is 32.7 Å². The highest BCUT2D eigenvalue weighted by atomic mass is 35.5. The molecular weight excluding hydrogens is 248 g/mol. The Morgan fingerprint density at radius 3 is 2.83 bits per heavy atom. The third-order valence-corrected chi connectivity index (χ3v) is 3.61. The van der Waals surface area contributed by atoms with Crippen LogP contribution >= 0.6 is 11.6 Å². The van der Waals surface area contributed by atoms with Crippen molar-refractivity contribution in [3.05, 3.63) is 35.0 Å². The smallest absolute Gasteiger partial charge is 0.152 e. The number of rotatable bonds is 5. The number of nitrogens with one attached hydrogen (secondary N) is 1. The van der Waals surface area contributed by atoms with E-state index in [-0.39, 0.29) is 6.04 Å². The molecule has 0 radical (unpaired) electrons. The van der Waals surface area contributed by atoms with Crippen LogP contribution in [0, 0.1) is 5.92 Å². The maximum Gasteiger partial charge on any atom is 0.152 e. The minimum Gasteiger partial charge on any atom is -0.458 e. The molecule has 0 aliphatic carbocycles. The molecule has 18 heavy (non-hydrogen) atoms. The standard InChI is InChI=1S/C14H19ClN2O/c1-3-5-9(2)13(17-16)12-8-10-6-4-7-11(15)14(10)18-12/h4,6-9,13,17H,3,5,16H2,1-2H3. The molecule has 0 amide bonds. The Morgan fingerprint density at radius 1 is 1.44 bits per heavy atom. The molecule has 0 bridgehead atoms. The number of hydrogen-bond donors (Lipinski definition) is 2. The van der Waals surface area contributed by atoms with Gasteiger partial charge in [0.05, 0.1) is 11.1 Å². The fourth-order valence-corrected chi connectivity index (χ4v) is 2.57. The third-order valence-electron chi connectivity index (χ3n) is 3.31. The van der Waals surface area contributed by atoms with Crippen LogP contribution in [-0.4, -0.2) is 0 Å². The number of hydrazine groups is 1. The zero-order chi connectivity index (χ0) is 13.1. The average molecular weight is 267 g/mol. The molecular formula is C14H19ClN2O. The molecule has 1 heterocycles. The Bertz CT molecular complexity index is 523. The number of fused-ring (bicyclic) bond motifs is 1. The van der Waals surface area contributed by atoms with Gasteiger partial charge in [-0.25, -0.2) is 5.43 Å². The molecule has 0 aliphatic rings. The van der Waals surface area contributed by atoms with Crippen LogP contribution < -0.4 is 11.3 Å². The van der Waals surface area contributed by atoms with Crippen LogP contribution in [0.15, 0.2) is 28.7 Å². The lowest BCUT2D eigenvalue weighted by Crippen LogP contribution is -2.32. The molecule has 3 nitrogen and oxygen atoms in total. The maximum atomic E-state index is 6.11. The number of hydrogen-bond acceptors (Lipinski definition) is 3. The Hall–Kier alpha value is -1.03. The summed E-state index contributed by atoms with van der Waals surface area (Å²) >= 11 is 6.11. The fraction of sp³-hybridized carbons (Fsp3) is 0.429.